The minimum Gasteiger partial charge on any atom is -0.462 e. The zero-order chi connectivity index (χ0) is 8.27. The zero-order valence-corrected chi connectivity index (χ0v) is 7.26. The van der Waals surface area contributed by atoms with E-state index < -0.39 is 0 Å². The van der Waals surface area contributed by atoms with Crippen molar-refractivity contribution >= 4 is 17.7 Å². The van der Waals surface area contributed by atoms with E-state index in [0.717, 1.165) is 6.42 Å². The normalized spacial score (nSPS) is 30.5. The Morgan fingerprint density at radius 2 is 2.55 bits per heavy atom. The van der Waals surface area contributed by atoms with Gasteiger partial charge in [-0.15, -0.1) is 11.8 Å². The molecule has 0 aromatic carbocycles. The molecule has 3 nitrogen and oxygen atoms in total. The standard InChI is InChI=1S/C7H12O3S/c1-5-4-6(7(9)10-5)11-3-2-8/h5-6,8H,2-4H2,1H3. The van der Waals surface area contributed by atoms with E-state index >= 15 is 0 Å². The van der Waals surface area contributed by atoms with Gasteiger partial charge in [0, 0.05) is 12.2 Å². The van der Waals surface area contributed by atoms with Crippen LogP contribution in [0.4, 0.5) is 0 Å². The summed E-state index contributed by atoms with van der Waals surface area (Å²) in [6, 6.07) is 0. The maximum atomic E-state index is 11.0. The van der Waals surface area contributed by atoms with Gasteiger partial charge in [-0.25, -0.2) is 0 Å². The average molecular weight is 176 g/mol. The van der Waals surface area contributed by atoms with Crippen LogP contribution in [-0.4, -0.2) is 34.8 Å². The van der Waals surface area contributed by atoms with Gasteiger partial charge in [-0.05, 0) is 6.92 Å². The fourth-order valence-corrected chi connectivity index (χ4v) is 2.04. The number of carbonyl (C=O) groups is 1. The summed E-state index contributed by atoms with van der Waals surface area (Å²) in [5, 5.41) is 8.46. The highest BCUT2D eigenvalue weighted by molar-refractivity contribution is 8.00. The Morgan fingerprint density at radius 3 is 3.00 bits per heavy atom. The minimum atomic E-state index is -0.129. The van der Waals surface area contributed by atoms with Crippen molar-refractivity contribution in [1.29, 1.82) is 0 Å². The molecule has 1 heterocycles. The van der Waals surface area contributed by atoms with Crippen LogP contribution in [0.3, 0.4) is 0 Å². The number of esters is 1. The van der Waals surface area contributed by atoms with Crippen LogP contribution in [0.2, 0.25) is 0 Å². The van der Waals surface area contributed by atoms with Crippen molar-refractivity contribution < 1.29 is 14.6 Å². The molecule has 64 valence electrons. The fourth-order valence-electron chi connectivity index (χ4n) is 1.05. The summed E-state index contributed by atoms with van der Waals surface area (Å²) in [5.74, 6) is 0.489. The van der Waals surface area contributed by atoms with Crippen molar-refractivity contribution in [2.75, 3.05) is 12.4 Å². The van der Waals surface area contributed by atoms with Crippen molar-refractivity contribution in [1.82, 2.24) is 0 Å². The Hall–Kier alpha value is -0.220. The summed E-state index contributed by atoms with van der Waals surface area (Å²) in [5.41, 5.74) is 0. The summed E-state index contributed by atoms with van der Waals surface area (Å²) in [6.45, 7) is 2.01. The van der Waals surface area contributed by atoms with Crippen LogP contribution in [0.25, 0.3) is 0 Å². The maximum absolute atomic E-state index is 11.0. The van der Waals surface area contributed by atoms with Gasteiger partial charge in [0.25, 0.3) is 0 Å². The first kappa shape index (κ1) is 8.87. The molecule has 0 aromatic heterocycles. The van der Waals surface area contributed by atoms with E-state index in [1.165, 1.54) is 11.8 Å². The molecule has 4 heteroatoms. The van der Waals surface area contributed by atoms with Crippen LogP contribution >= 0.6 is 11.8 Å². The molecular weight excluding hydrogens is 164 g/mol. The second-order valence-corrected chi connectivity index (χ2v) is 3.88. The summed E-state index contributed by atoms with van der Waals surface area (Å²) >= 11 is 1.47. The Bertz CT molecular complexity index is 149. The first-order valence-electron chi connectivity index (χ1n) is 3.67. The summed E-state index contributed by atoms with van der Waals surface area (Å²) in [4.78, 5) is 11.0. The molecule has 1 aliphatic rings. The molecule has 0 saturated carbocycles. The zero-order valence-electron chi connectivity index (χ0n) is 6.45. The first-order valence-corrected chi connectivity index (χ1v) is 4.72. The van der Waals surface area contributed by atoms with Gasteiger partial charge in [0.2, 0.25) is 0 Å². The molecule has 1 fully saturated rings. The van der Waals surface area contributed by atoms with Crippen molar-refractivity contribution in [3.8, 4) is 0 Å². The second-order valence-electron chi connectivity index (χ2n) is 2.57. The van der Waals surface area contributed by atoms with Gasteiger partial charge < -0.3 is 9.84 Å². The number of thioether (sulfide) groups is 1. The Balaban J connectivity index is 2.29. The van der Waals surface area contributed by atoms with Gasteiger partial charge in [-0.3, -0.25) is 4.79 Å². The lowest BCUT2D eigenvalue weighted by molar-refractivity contribution is -0.140. The number of ether oxygens (including phenoxy) is 1. The summed E-state index contributed by atoms with van der Waals surface area (Å²) in [6.07, 6.45) is 0.836. The topological polar surface area (TPSA) is 46.5 Å². The monoisotopic (exact) mass is 176 g/mol. The van der Waals surface area contributed by atoms with E-state index in [2.05, 4.69) is 0 Å². The molecule has 2 unspecified atom stereocenters. The van der Waals surface area contributed by atoms with Crippen LogP contribution in [0.1, 0.15) is 13.3 Å². The van der Waals surface area contributed by atoms with E-state index in [9.17, 15) is 4.79 Å². The maximum Gasteiger partial charge on any atom is 0.319 e. The van der Waals surface area contributed by atoms with Gasteiger partial charge in [0.15, 0.2) is 0 Å². The number of cyclic esters (lactones) is 1. The number of hydrogen-bond acceptors (Lipinski definition) is 4. The first-order chi connectivity index (χ1) is 5.24. The molecule has 0 bridgehead atoms. The summed E-state index contributed by atoms with van der Waals surface area (Å²) < 4.78 is 4.93. The Morgan fingerprint density at radius 1 is 1.82 bits per heavy atom. The molecular formula is C7H12O3S. The van der Waals surface area contributed by atoms with Crippen molar-refractivity contribution in [3.63, 3.8) is 0 Å². The van der Waals surface area contributed by atoms with E-state index in [4.69, 9.17) is 9.84 Å². The Kier molecular flexibility index (Phi) is 3.20. The number of aliphatic hydroxyl groups is 1. The van der Waals surface area contributed by atoms with E-state index in [1.807, 2.05) is 6.92 Å². The van der Waals surface area contributed by atoms with Gasteiger partial charge in [0.1, 0.15) is 11.4 Å². The molecule has 1 saturated heterocycles. The van der Waals surface area contributed by atoms with Crippen molar-refractivity contribution in [3.05, 3.63) is 0 Å². The van der Waals surface area contributed by atoms with E-state index in [0.29, 0.717) is 5.75 Å². The lowest BCUT2D eigenvalue weighted by Crippen LogP contribution is -2.10. The third-order valence-corrected chi connectivity index (χ3v) is 2.74. The highest BCUT2D eigenvalue weighted by Crippen LogP contribution is 2.25. The van der Waals surface area contributed by atoms with Crippen LogP contribution < -0.4 is 0 Å². The largest absolute Gasteiger partial charge is 0.462 e. The van der Waals surface area contributed by atoms with E-state index in [-0.39, 0.29) is 23.9 Å². The predicted octanol–water partition coefficient (Wildman–Crippen LogP) is 0.416. The molecule has 0 spiro atoms. The molecule has 1 rings (SSSR count). The van der Waals surface area contributed by atoms with Crippen LogP contribution in [0, 0.1) is 0 Å². The number of rotatable bonds is 3. The molecule has 2 atom stereocenters. The van der Waals surface area contributed by atoms with Crippen LogP contribution in [0.15, 0.2) is 0 Å². The molecule has 1 aliphatic heterocycles. The highest BCUT2D eigenvalue weighted by atomic mass is 32.2. The van der Waals surface area contributed by atoms with Crippen LogP contribution in [-0.2, 0) is 9.53 Å². The van der Waals surface area contributed by atoms with Crippen LogP contribution in [0.5, 0.6) is 0 Å². The van der Waals surface area contributed by atoms with E-state index in [1.54, 1.807) is 0 Å². The molecule has 1 N–H and O–H groups in total. The fraction of sp³-hybridized carbons (Fsp3) is 0.857. The number of aliphatic hydroxyl groups excluding tert-OH is 1. The van der Waals surface area contributed by atoms with Gasteiger partial charge in [0.05, 0.1) is 6.61 Å². The minimum absolute atomic E-state index is 0.0443. The third-order valence-electron chi connectivity index (χ3n) is 1.54. The lowest BCUT2D eigenvalue weighted by Gasteiger charge is -2.01. The molecule has 0 radical (unpaired) electrons. The van der Waals surface area contributed by atoms with Gasteiger partial charge in [-0.1, -0.05) is 0 Å². The quantitative estimate of drug-likeness (QED) is 0.633. The SMILES string of the molecule is CC1CC(SCCO)C(=O)O1. The van der Waals surface area contributed by atoms with Gasteiger partial charge >= 0.3 is 5.97 Å². The van der Waals surface area contributed by atoms with Gasteiger partial charge in [-0.2, -0.15) is 0 Å². The second kappa shape index (κ2) is 3.97. The van der Waals surface area contributed by atoms with Crippen molar-refractivity contribution in [2.45, 2.75) is 24.7 Å². The summed E-state index contributed by atoms with van der Waals surface area (Å²) in [7, 11) is 0. The number of hydrogen-bond donors (Lipinski definition) is 1. The van der Waals surface area contributed by atoms with Crippen molar-refractivity contribution in [2.24, 2.45) is 0 Å². The average Bonchev–Trinajstić information content (AvgIpc) is 2.26. The molecule has 0 aliphatic carbocycles. The molecule has 11 heavy (non-hydrogen) atoms. The Labute approximate surface area is 70.1 Å². The number of carbonyl (C=O) groups excluding carboxylic acids is 1. The predicted molar refractivity (Wildman–Crippen MR) is 43.5 cm³/mol. The third kappa shape index (κ3) is 2.38. The molecule has 0 aromatic rings. The smallest absolute Gasteiger partial charge is 0.319 e. The highest BCUT2D eigenvalue weighted by Gasteiger charge is 2.31. The molecule has 0 amide bonds. The lowest BCUT2D eigenvalue weighted by atomic mass is 10.3.